The van der Waals surface area contributed by atoms with Gasteiger partial charge in [-0.3, -0.25) is 9.36 Å². The van der Waals surface area contributed by atoms with Gasteiger partial charge in [0.25, 0.3) is 16.1 Å². The lowest BCUT2D eigenvalue weighted by Gasteiger charge is -2.30. The van der Waals surface area contributed by atoms with Crippen molar-refractivity contribution < 1.29 is 13.2 Å². The maximum absolute atomic E-state index is 12.7. The van der Waals surface area contributed by atoms with E-state index in [0.29, 0.717) is 12.1 Å². The molecule has 9 nitrogen and oxygen atoms in total. The Bertz CT molecular complexity index is 898. The van der Waals surface area contributed by atoms with Crippen LogP contribution in [0.3, 0.4) is 0 Å². The molecule has 10 heteroatoms. The summed E-state index contributed by atoms with van der Waals surface area (Å²) < 4.78 is 29.3. The molecule has 0 spiro atoms. The molecule has 2 aromatic rings. The van der Waals surface area contributed by atoms with Gasteiger partial charge in [-0.15, -0.1) is 10.2 Å². The summed E-state index contributed by atoms with van der Waals surface area (Å²) in [6, 6.07) is 7.31. The van der Waals surface area contributed by atoms with E-state index in [2.05, 4.69) is 20.2 Å². The van der Waals surface area contributed by atoms with Crippen LogP contribution in [0.5, 0.6) is 0 Å². The molecule has 1 aliphatic rings. The van der Waals surface area contributed by atoms with Crippen molar-refractivity contribution >= 4 is 16.1 Å². The number of rotatable bonds is 7. The summed E-state index contributed by atoms with van der Waals surface area (Å²) in [6.07, 6.45) is 6.72. The van der Waals surface area contributed by atoms with Gasteiger partial charge in [0.2, 0.25) is 0 Å². The molecular weight excluding hydrogens is 380 g/mol. The maximum Gasteiger partial charge on any atom is 0.278 e. The Morgan fingerprint density at radius 2 is 2.00 bits per heavy atom. The predicted octanol–water partition coefficient (Wildman–Crippen LogP) is 0.952. The summed E-state index contributed by atoms with van der Waals surface area (Å²) in [5.74, 6) is 0.0755. The first-order valence-corrected chi connectivity index (χ1v) is 10.7. The van der Waals surface area contributed by atoms with Crippen LogP contribution < -0.4 is 10.0 Å². The summed E-state index contributed by atoms with van der Waals surface area (Å²) >= 11 is 0. The standard InChI is InChI=1S/C18H26N6O3S/c1-23(2)28(26,27)21-11-14-5-3-7-16(9-14)22-18(25)15-6-4-8-17(10-15)24-12-19-20-13-24/h4,6,8,10,12-14,16,21H,3,5,7,9,11H2,1-2H3,(H,22,25)/t14-,16+/m1/s1. The van der Waals surface area contributed by atoms with Crippen LogP contribution in [0.25, 0.3) is 5.69 Å². The Hall–Kier alpha value is -2.30. The SMILES string of the molecule is CN(C)S(=O)(=O)NC[C@@H]1CCC[C@H](NC(=O)c2cccc(-n3cnnc3)c2)C1. The quantitative estimate of drug-likeness (QED) is 0.712. The van der Waals surface area contributed by atoms with Crippen LogP contribution >= 0.6 is 0 Å². The Morgan fingerprint density at radius 1 is 1.25 bits per heavy atom. The van der Waals surface area contributed by atoms with Crippen LogP contribution in [0.1, 0.15) is 36.0 Å². The van der Waals surface area contributed by atoms with Crippen molar-refractivity contribution in [1.29, 1.82) is 0 Å². The van der Waals surface area contributed by atoms with Crippen LogP contribution in [0, 0.1) is 5.92 Å². The summed E-state index contributed by atoms with van der Waals surface area (Å²) in [7, 11) is -0.424. The summed E-state index contributed by atoms with van der Waals surface area (Å²) in [5, 5.41) is 10.7. The van der Waals surface area contributed by atoms with Gasteiger partial charge in [-0.25, -0.2) is 4.72 Å². The third-order valence-electron chi connectivity index (χ3n) is 4.98. The van der Waals surface area contributed by atoms with E-state index < -0.39 is 10.2 Å². The number of carbonyl (C=O) groups excluding carboxylic acids is 1. The first-order chi connectivity index (χ1) is 13.3. The van der Waals surface area contributed by atoms with Crippen molar-refractivity contribution in [3.63, 3.8) is 0 Å². The number of hydrogen-bond donors (Lipinski definition) is 2. The molecule has 3 rings (SSSR count). The summed E-state index contributed by atoms with van der Waals surface area (Å²) in [5.41, 5.74) is 1.39. The first kappa shape index (κ1) is 20.4. The van der Waals surface area contributed by atoms with Gasteiger partial charge >= 0.3 is 0 Å². The van der Waals surface area contributed by atoms with E-state index in [9.17, 15) is 13.2 Å². The van der Waals surface area contributed by atoms with Crippen LogP contribution in [0.4, 0.5) is 0 Å². The van der Waals surface area contributed by atoms with E-state index in [1.54, 1.807) is 29.4 Å². The van der Waals surface area contributed by atoms with Gasteiger partial charge in [-0.05, 0) is 43.4 Å². The van der Waals surface area contributed by atoms with Crippen molar-refractivity contribution in [2.45, 2.75) is 31.7 Å². The lowest BCUT2D eigenvalue weighted by molar-refractivity contribution is 0.0920. The van der Waals surface area contributed by atoms with Crippen LogP contribution in [0.15, 0.2) is 36.9 Å². The highest BCUT2D eigenvalue weighted by Gasteiger charge is 2.25. The topological polar surface area (TPSA) is 109 Å². The second kappa shape index (κ2) is 8.80. The molecule has 2 N–H and O–H groups in total. The van der Waals surface area contributed by atoms with Crippen LogP contribution in [-0.2, 0) is 10.2 Å². The minimum Gasteiger partial charge on any atom is -0.349 e. The molecule has 1 aromatic carbocycles. The number of nitrogens with one attached hydrogen (secondary N) is 2. The van der Waals surface area contributed by atoms with E-state index in [0.717, 1.165) is 35.7 Å². The van der Waals surface area contributed by atoms with E-state index in [-0.39, 0.29) is 17.9 Å². The molecule has 0 saturated heterocycles. The van der Waals surface area contributed by atoms with Gasteiger partial charge in [0.05, 0.1) is 0 Å². The monoisotopic (exact) mass is 406 g/mol. The highest BCUT2D eigenvalue weighted by molar-refractivity contribution is 7.87. The largest absolute Gasteiger partial charge is 0.349 e. The van der Waals surface area contributed by atoms with Crippen molar-refractivity contribution in [2.75, 3.05) is 20.6 Å². The molecule has 1 fully saturated rings. The van der Waals surface area contributed by atoms with Gasteiger partial charge in [0.15, 0.2) is 0 Å². The van der Waals surface area contributed by atoms with Crippen molar-refractivity contribution in [3.05, 3.63) is 42.5 Å². The lowest BCUT2D eigenvalue weighted by atomic mass is 9.85. The van der Waals surface area contributed by atoms with Crippen LogP contribution in [0.2, 0.25) is 0 Å². The molecule has 1 heterocycles. The highest BCUT2D eigenvalue weighted by atomic mass is 32.2. The van der Waals surface area contributed by atoms with Crippen molar-refractivity contribution in [3.8, 4) is 5.69 Å². The highest BCUT2D eigenvalue weighted by Crippen LogP contribution is 2.24. The molecule has 1 aromatic heterocycles. The molecule has 152 valence electrons. The number of amides is 1. The fourth-order valence-corrected chi connectivity index (χ4v) is 4.07. The minimum absolute atomic E-state index is 0.0358. The average Bonchev–Trinajstić information content (AvgIpc) is 3.22. The fourth-order valence-electron chi connectivity index (χ4n) is 3.37. The Morgan fingerprint density at radius 3 is 2.71 bits per heavy atom. The zero-order valence-electron chi connectivity index (χ0n) is 16.1. The molecule has 0 unspecified atom stereocenters. The third-order valence-corrected chi connectivity index (χ3v) is 6.47. The van der Waals surface area contributed by atoms with Crippen molar-refractivity contribution in [1.82, 2.24) is 29.1 Å². The normalized spacial score (nSPS) is 20.2. The molecule has 28 heavy (non-hydrogen) atoms. The first-order valence-electron chi connectivity index (χ1n) is 9.28. The summed E-state index contributed by atoms with van der Waals surface area (Å²) in [6.45, 7) is 0.385. The predicted molar refractivity (Wildman–Crippen MR) is 105 cm³/mol. The second-order valence-electron chi connectivity index (χ2n) is 7.26. The van der Waals surface area contributed by atoms with Crippen molar-refractivity contribution in [2.24, 2.45) is 5.92 Å². The lowest BCUT2D eigenvalue weighted by Crippen LogP contribution is -2.43. The van der Waals surface area contributed by atoms with E-state index in [1.807, 2.05) is 12.1 Å². The molecule has 1 saturated carbocycles. The van der Waals surface area contributed by atoms with Gasteiger partial charge in [0.1, 0.15) is 12.7 Å². The van der Waals surface area contributed by atoms with E-state index in [4.69, 9.17) is 0 Å². The Balaban J connectivity index is 1.58. The number of nitrogens with zero attached hydrogens (tertiary/aromatic N) is 4. The molecule has 0 radical (unpaired) electrons. The number of carbonyl (C=O) groups is 1. The zero-order chi connectivity index (χ0) is 20.1. The third kappa shape index (κ3) is 5.15. The minimum atomic E-state index is -3.42. The number of hydrogen-bond acceptors (Lipinski definition) is 5. The molecule has 0 bridgehead atoms. The molecular formula is C18H26N6O3S. The smallest absolute Gasteiger partial charge is 0.278 e. The van der Waals surface area contributed by atoms with Gasteiger partial charge in [-0.2, -0.15) is 12.7 Å². The van der Waals surface area contributed by atoms with Gasteiger partial charge in [0, 0.05) is 37.9 Å². The fraction of sp³-hybridized carbons (Fsp3) is 0.500. The molecule has 0 aliphatic heterocycles. The molecule has 1 aliphatic carbocycles. The number of aromatic nitrogens is 3. The zero-order valence-corrected chi connectivity index (χ0v) is 16.9. The Labute approximate surface area is 165 Å². The van der Waals surface area contributed by atoms with Crippen LogP contribution in [-0.4, -0.2) is 60.1 Å². The Kier molecular flexibility index (Phi) is 6.42. The van der Waals surface area contributed by atoms with Gasteiger partial charge < -0.3 is 5.32 Å². The average molecular weight is 407 g/mol. The number of benzene rings is 1. The maximum atomic E-state index is 12.7. The van der Waals surface area contributed by atoms with E-state index >= 15 is 0 Å². The molecule has 2 atom stereocenters. The van der Waals surface area contributed by atoms with Gasteiger partial charge in [-0.1, -0.05) is 12.5 Å². The van der Waals surface area contributed by atoms with E-state index in [1.165, 1.54) is 14.1 Å². The second-order valence-corrected chi connectivity index (χ2v) is 9.23. The molecule has 1 amide bonds. The summed E-state index contributed by atoms with van der Waals surface area (Å²) in [4.78, 5) is 12.7.